The minimum atomic E-state index is -3.97. The fraction of sp³-hybridized carbons (Fsp3) is 0.300. The smallest absolute Gasteiger partial charge is 0.296 e. The Balaban J connectivity index is 1.70. The zero-order valence-corrected chi connectivity index (χ0v) is 17.9. The second-order valence-corrected chi connectivity index (χ2v) is 9.07. The third kappa shape index (κ3) is 4.26. The van der Waals surface area contributed by atoms with E-state index in [1.165, 1.54) is 0 Å². The molecule has 2 aromatic carbocycles. The summed E-state index contributed by atoms with van der Waals surface area (Å²) in [6, 6.07) is 7.02. The molecule has 0 bridgehead atoms. The molecule has 0 spiro atoms. The van der Waals surface area contributed by atoms with Gasteiger partial charge in [-0.2, -0.15) is 0 Å². The van der Waals surface area contributed by atoms with E-state index >= 15 is 4.39 Å². The Bertz CT molecular complexity index is 1250. The van der Waals surface area contributed by atoms with Gasteiger partial charge in [0.25, 0.3) is 5.69 Å². The van der Waals surface area contributed by atoms with Crippen molar-refractivity contribution in [2.24, 2.45) is 9.98 Å². The maximum Gasteiger partial charge on any atom is 0.296 e. The summed E-state index contributed by atoms with van der Waals surface area (Å²) in [5.74, 6) is -0.843. The topological polar surface area (TPSA) is 126 Å². The number of halogens is 1. The summed E-state index contributed by atoms with van der Waals surface area (Å²) in [5.41, 5.74) is -0.0600. The molecule has 12 heteroatoms. The van der Waals surface area contributed by atoms with Crippen molar-refractivity contribution in [2.75, 3.05) is 23.6 Å². The van der Waals surface area contributed by atoms with Gasteiger partial charge in [-0.15, -0.1) is 0 Å². The Labute approximate surface area is 183 Å². The SMILES string of the molecule is CCCS(=O)(=O)Nc1c([N+](=O)[O-])ccc(Oc2ccc3c(c2)C2=NCCCN2C=N3)c1F. The highest BCUT2D eigenvalue weighted by Crippen LogP contribution is 2.38. The molecule has 4 rings (SSSR count). The van der Waals surface area contributed by atoms with Crippen LogP contribution in [0.15, 0.2) is 40.3 Å². The van der Waals surface area contributed by atoms with Crippen molar-refractivity contribution in [1.82, 2.24) is 4.90 Å². The molecule has 0 radical (unpaired) electrons. The van der Waals surface area contributed by atoms with E-state index in [9.17, 15) is 18.5 Å². The van der Waals surface area contributed by atoms with Crippen LogP contribution in [-0.4, -0.2) is 49.3 Å². The first-order chi connectivity index (χ1) is 15.3. The third-order valence-electron chi connectivity index (χ3n) is 4.88. The van der Waals surface area contributed by atoms with Crippen molar-refractivity contribution in [3.8, 4) is 11.5 Å². The van der Waals surface area contributed by atoms with E-state index in [4.69, 9.17) is 4.74 Å². The van der Waals surface area contributed by atoms with E-state index in [-0.39, 0.29) is 23.7 Å². The monoisotopic (exact) mass is 461 g/mol. The molecular weight excluding hydrogens is 441 g/mol. The number of amidine groups is 1. The van der Waals surface area contributed by atoms with Gasteiger partial charge < -0.3 is 9.64 Å². The summed E-state index contributed by atoms with van der Waals surface area (Å²) in [5, 5.41) is 11.3. The minimum absolute atomic E-state index is 0.254. The lowest BCUT2D eigenvalue weighted by molar-refractivity contribution is -0.384. The molecule has 2 aliphatic rings. The molecule has 2 aromatic rings. The zero-order chi connectivity index (χ0) is 22.9. The minimum Gasteiger partial charge on any atom is -0.454 e. The number of fused-ring (bicyclic) bond motifs is 3. The summed E-state index contributed by atoms with van der Waals surface area (Å²) in [6.07, 6.45) is 2.89. The molecule has 0 aliphatic carbocycles. The lowest BCUT2D eigenvalue weighted by Crippen LogP contribution is -2.36. The van der Waals surface area contributed by atoms with Crippen molar-refractivity contribution >= 4 is 39.3 Å². The lowest BCUT2D eigenvalue weighted by atomic mass is 10.1. The van der Waals surface area contributed by atoms with Crippen LogP contribution in [0.5, 0.6) is 11.5 Å². The van der Waals surface area contributed by atoms with Gasteiger partial charge in [0, 0.05) is 24.7 Å². The summed E-state index contributed by atoms with van der Waals surface area (Å²) < 4.78 is 47.0. The molecule has 1 N–H and O–H groups in total. The number of ether oxygens (including phenoxy) is 1. The first-order valence-electron chi connectivity index (χ1n) is 9.94. The molecule has 0 aromatic heterocycles. The third-order valence-corrected chi connectivity index (χ3v) is 6.34. The molecule has 168 valence electrons. The Kier molecular flexibility index (Phi) is 5.78. The molecule has 2 aliphatic heterocycles. The number of nitro groups is 1. The Morgan fingerprint density at radius 2 is 2.12 bits per heavy atom. The highest BCUT2D eigenvalue weighted by atomic mass is 32.2. The number of benzene rings is 2. The van der Waals surface area contributed by atoms with Gasteiger partial charge in [-0.1, -0.05) is 6.92 Å². The Morgan fingerprint density at radius 1 is 1.31 bits per heavy atom. The maximum atomic E-state index is 15.1. The van der Waals surface area contributed by atoms with Crippen LogP contribution in [0, 0.1) is 15.9 Å². The van der Waals surface area contributed by atoms with Crippen LogP contribution < -0.4 is 9.46 Å². The summed E-state index contributed by atoms with van der Waals surface area (Å²) >= 11 is 0. The number of nitro benzene ring substituents is 1. The molecule has 0 saturated carbocycles. The van der Waals surface area contributed by atoms with Gasteiger partial charge in [0.15, 0.2) is 17.3 Å². The fourth-order valence-electron chi connectivity index (χ4n) is 3.45. The van der Waals surface area contributed by atoms with Crippen molar-refractivity contribution in [3.05, 3.63) is 51.8 Å². The van der Waals surface area contributed by atoms with E-state index in [2.05, 4.69) is 9.98 Å². The van der Waals surface area contributed by atoms with Crippen LogP contribution in [0.1, 0.15) is 25.3 Å². The largest absolute Gasteiger partial charge is 0.454 e. The van der Waals surface area contributed by atoms with Crippen LogP contribution in [0.25, 0.3) is 0 Å². The number of hydrogen-bond donors (Lipinski definition) is 1. The first kappa shape index (κ1) is 21.7. The highest BCUT2D eigenvalue weighted by Gasteiger charge is 2.27. The Hall–Kier alpha value is -3.54. The lowest BCUT2D eigenvalue weighted by Gasteiger charge is -2.29. The normalized spacial score (nSPS) is 14.9. The molecule has 0 fully saturated rings. The molecule has 10 nitrogen and oxygen atoms in total. The van der Waals surface area contributed by atoms with Gasteiger partial charge >= 0.3 is 0 Å². The summed E-state index contributed by atoms with van der Waals surface area (Å²) in [7, 11) is -3.97. The second kappa shape index (κ2) is 8.54. The van der Waals surface area contributed by atoms with Crippen molar-refractivity contribution in [1.29, 1.82) is 0 Å². The van der Waals surface area contributed by atoms with Gasteiger partial charge in [0.2, 0.25) is 10.0 Å². The average molecular weight is 461 g/mol. The van der Waals surface area contributed by atoms with E-state index in [1.54, 1.807) is 31.5 Å². The molecule has 0 saturated heterocycles. The number of aliphatic imine (C=N–C) groups is 2. The predicted molar refractivity (Wildman–Crippen MR) is 118 cm³/mol. The average Bonchev–Trinajstić information content (AvgIpc) is 2.76. The Morgan fingerprint density at radius 3 is 2.88 bits per heavy atom. The molecule has 2 heterocycles. The number of nitrogens with zero attached hydrogens (tertiary/aromatic N) is 4. The van der Waals surface area contributed by atoms with Crippen LogP contribution in [-0.2, 0) is 10.0 Å². The molecule has 32 heavy (non-hydrogen) atoms. The number of sulfonamides is 1. The van der Waals surface area contributed by atoms with Crippen LogP contribution in [0.2, 0.25) is 0 Å². The zero-order valence-electron chi connectivity index (χ0n) is 17.1. The van der Waals surface area contributed by atoms with E-state index in [1.807, 2.05) is 9.62 Å². The summed E-state index contributed by atoms with van der Waals surface area (Å²) in [6.45, 7) is 3.09. The first-order valence-corrected chi connectivity index (χ1v) is 11.6. The molecule has 0 atom stereocenters. The fourth-order valence-corrected chi connectivity index (χ4v) is 4.60. The van der Waals surface area contributed by atoms with Gasteiger partial charge in [-0.25, -0.2) is 17.8 Å². The van der Waals surface area contributed by atoms with Crippen LogP contribution in [0.4, 0.5) is 21.5 Å². The highest BCUT2D eigenvalue weighted by molar-refractivity contribution is 7.92. The van der Waals surface area contributed by atoms with E-state index in [0.29, 0.717) is 12.2 Å². The molecular formula is C20H20FN5O5S. The van der Waals surface area contributed by atoms with Gasteiger partial charge in [-0.3, -0.25) is 19.8 Å². The molecule has 0 amide bonds. The van der Waals surface area contributed by atoms with Crippen molar-refractivity contribution in [3.63, 3.8) is 0 Å². The van der Waals surface area contributed by atoms with Crippen LogP contribution in [0.3, 0.4) is 0 Å². The van der Waals surface area contributed by atoms with Gasteiger partial charge in [-0.05, 0) is 37.1 Å². The standard InChI is InChI=1S/C20H20FN5O5S/c1-2-10-32(29,30)24-19-16(26(27)28)6-7-17(18(19)21)31-13-4-5-15-14(11-13)20-22-8-3-9-25(20)12-23-15/h4-7,11-12,24H,2-3,8-10H2,1H3. The second-order valence-electron chi connectivity index (χ2n) is 7.23. The number of nitrogens with one attached hydrogen (secondary N) is 1. The summed E-state index contributed by atoms with van der Waals surface area (Å²) in [4.78, 5) is 21.3. The van der Waals surface area contributed by atoms with Crippen molar-refractivity contribution < 1.29 is 22.5 Å². The van der Waals surface area contributed by atoms with E-state index in [0.717, 1.165) is 36.5 Å². The van der Waals surface area contributed by atoms with Gasteiger partial charge in [0.05, 0.1) is 22.7 Å². The molecule has 0 unspecified atom stereocenters. The van der Waals surface area contributed by atoms with E-state index < -0.39 is 32.1 Å². The van der Waals surface area contributed by atoms with Crippen LogP contribution >= 0.6 is 0 Å². The predicted octanol–water partition coefficient (Wildman–Crippen LogP) is 3.80. The quantitative estimate of drug-likeness (QED) is 0.494. The number of hydrogen-bond acceptors (Lipinski definition) is 8. The van der Waals surface area contributed by atoms with Gasteiger partial charge in [0.1, 0.15) is 11.6 Å². The number of anilines is 1. The number of rotatable bonds is 7. The van der Waals surface area contributed by atoms with Crippen molar-refractivity contribution in [2.45, 2.75) is 19.8 Å². The maximum absolute atomic E-state index is 15.1.